The maximum atomic E-state index is 11.9. The van der Waals surface area contributed by atoms with Gasteiger partial charge in [0.15, 0.2) is 0 Å². The van der Waals surface area contributed by atoms with Crippen molar-refractivity contribution < 1.29 is 9.53 Å². The molecule has 6 heteroatoms. The molecule has 1 heterocycles. The molecule has 1 atom stereocenters. The van der Waals surface area contributed by atoms with Gasteiger partial charge < -0.3 is 10.1 Å². The van der Waals surface area contributed by atoms with Gasteiger partial charge in [-0.05, 0) is 19.1 Å². The Morgan fingerprint density at radius 3 is 2.85 bits per heavy atom. The Balaban J connectivity index is 1.87. The maximum absolute atomic E-state index is 11.9. The fraction of sp³-hybridized carbons (Fsp3) is 0.357. The molecule has 0 saturated carbocycles. The zero-order valence-corrected chi connectivity index (χ0v) is 11.6. The molecular weight excluding hydrogens is 256 g/mol. The highest BCUT2D eigenvalue weighted by Gasteiger charge is 2.07. The lowest BCUT2D eigenvalue weighted by Crippen LogP contribution is -2.22. The Morgan fingerprint density at radius 1 is 1.40 bits per heavy atom. The highest BCUT2D eigenvalue weighted by atomic mass is 16.5. The number of rotatable bonds is 6. The van der Waals surface area contributed by atoms with Crippen molar-refractivity contribution in [1.82, 2.24) is 20.3 Å². The molecule has 0 aliphatic heterocycles. The van der Waals surface area contributed by atoms with Gasteiger partial charge in [0.2, 0.25) is 0 Å². The summed E-state index contributed by atoms with van der Waals surface area (Å²) in [6, 6.07) is 9.08. The quantitative estimate of drug-likeness (QED) is 0.860. The van der Waals surface area contributed by atoms with Crippen LogP contribution in [0.2, 0.25) is 0 Å². The van der Waals surface area contributed by atoms with Crippen LogP contribution in [0.5, 0.6) is 0 Å². The SMILES string of the molecule is COC(C)Cn1cc(CNC(=O)c2ccccc2)nn1. The van der Waals surface area contributed by atoms with Crippen LogP contribution in [0.25, 0.3) is 0 Å². The summed E-state index contributed by atoms with van der Waals surface area (Å²) in [4.78, 5) is 11.9. The van der Waals surface area contributed by atoms with Crippen molar-refractivity contribution in [2.45, 2.75) is 26.1 Å². The molecule has 2 rings (SSSR count). The van der Waals surface area contributed by atoms with Gasteiger partial charge in [0.1, 0.15) is 5.69 Å². The summed E-state index contributed by atoms with van der Waals surface area (Å²) < 4.78 is 6.87. The molecule has 0 aliphatic carbocycles. The average molecular weight is 274 g/mol. The monoisotopic (exact) mass is 274 g/mol. The molecule has 1 unspecified atom stereocenters. The predicted molar refractivity (Wildman–Crippen MR) is 74.1 cm³/mol. The highest BCUT2D eigenvalue weighted by Crippen LogP contribution is 2.00. The molecule has 1 N–H and O–H groups in total. The molecule has 0 spiro atoms. The number of carbonyl (C=O) groups is 1. The number of methoxy groups -OCH3 is 1. The van der Waals surface area contributed by atoms with E-state index in [0.717, 1.165) is 5.69 Å². The summed E-state index contributed by atoms with van der Waals surface area (Å²) in [5, 5.41) is 10.8. The number of hydrogen-bond donors (Lipinski definition) is 1. The zero-order chi connectivity index (χ0) is 14.4. The number of nitrogens with zero attached hydrogens (tertiary/aromatic N) is 3. The summed E-state index contributed by atoms with van der Waals surface area (Å²) in [6.07, 6.45) is 1.88. The van der Waals surface area contributed by atoms with Gasteiger partial charge in [-0.3, -0.25) is 4.79 Å². The first kappa shape index (κ1) is 14.2. The molecule has 1 amide bonds. The van der Waals surface area contributed by atoms with E-state index in [0.29, 0.717) is 18.7 Å². The number of amides is 1. The van der Waals surface area contributed by atoms with Crippen molar-refractivity contribution in [1.29, 1.82) is 0 Å². The second-order valence-corrected chi connectivity index (χ2v) is 4.53. The fourth-order valence-corrected chi connectivity index (χ4v) is 1.71. The van der Waals surface area contributed by atoms with Gasteiger partial charge >= 0.3 is 0 Å². The molecule has 0 saturated heterocycles. The average Bonchev–Trinajstić information content (AvgIpc) is 2.93. The lowest BCUT2D eigenvalue weighted by molar-refractivity contribution is 0.0949. The molecule has 0 aliphatic rings. The maximum Gasteiger partial charge on any atom is 0.251 e. The lowest BCUT2D eigenvalue weighted by atomic mass is 10.2. The molecule has 20 heavy (non-hydrogen) atoms. The second-order valence-electron chi connectivity index (χ2n) is 4.53. The topological polar surface area (TPSA) is 69.0 Å². The van der Waals surface area contributed by atoms with E-state index in [1.54, 1.807) is 30.1 Å². The van der Waals surface area contributed by atoms with Crippen molar-refractivity contribution in [2.75, 3.05) is 7.11 Å². The minimum Gasteiger partial charge on any atom is -0.380 e. The molecule has 0 bridgehead atoms. The third-order valence-corrected chi connectivity index (χ3v) is 2.90. The van der Waals surface area contributed by atoms with Crippen molar-refractivity contribution in [2.24, 2.45) is 0 Å². The van der Waals surface area contributed by atoms with Crippen molar-refractivity contribution in [3.8, 4) is 0 Å². The predicted octanol–water partition coefficient (Wildman–Crippen LogP) is 1.24. The molecule has 6 nitrogen and oxygen atoms in total. The Kier molecular flexibility index (Phi) is 4.84. The summed E-state index contributed by atoms with van der Waals surface area (Å²) >= 11 is 0. The summed E-state index contributed by atoms with van der Waals surface area (Å²) in [5.74, 6) is -0.120. The van der Waals surface area contributed by atoms with Crippen LogP contribution in [-0.4, -0.2) is 34.1 Å². The smallest absolute Gasteiger partial charge is 0.251 e. The Bertz CT molecular complexity index is 553. The second kappa shape index (κ2) is 6.81. The number of hydrogen-bond acceptors (Lipinski definition) is 4. The number of aromatic nitrogens is 3. The van der Waals surface area contributed by atoms with E-state index in [9.17, 15) is 4.79 Å². The van der Waals surface area contributed by atoms with E-state index >= 15 is 0 Å². The van der Waals surface area contributed by atoms with Crippen LogP contribution in [-0.2, 0) is 17.8 Å². The Morgan fingerprint density at radius 2 is 2.15 bits per heavy atom. The standard InChI is InChI=1S/C14H18N4O2/c1-11(20-2)9-18-10-13(16-17-18)8-15-14(19)12-6-4-3-5-7-12/h3-7,10-11H,8-9H2,1-2H3,(H,15,19). The van der Waals surface area contributed by atoms with Gasteiger partial charge in [-0.25, -0.2) is 4.68 Å². The number of ether oxygens (including phenoxy) is 1. The molecule has 0 radical (unpaired) electrons. The van der Waals surface area contributed by atoms with Crippen LogP contribution in [0.15, 0.2) is 36.5 Å². The van der Waals surface area contributed by atoms with Crippen molar-refractivity contribution in [3.63, 3.8) is 0 Å². The van der Waals surface area contributed by atoms with E-state index in [2.05, 4.69) is 15.6 Å². The molecular formula is C14H18N4O2. The van der Waals surface area contributed by atoms with Crippen molar-refractivity contribution in [3.05, 3.63) is 47.8 Å². The fourth-order valence-electron chi connectivity index (χ4n) is 1.71. The minimum atomic E-state index is -0.120. The summed E-state index contributed by atoms with van der Waals surface area (Å²) in [7, 11) is 1.66. The first-order valence-corrected chi connectivity index (χ1v) is 6.44. The van der Waals surface area contributed by atoms with Gasteiger partial charge in [0, 0.05) is 12.7 Å². The number of nitrogens with one attached hydrogen (secondary N) is 1. The first-order chi connectivity index (χ1) is 9.69. The summed E-state index contributed by atoms with van der Waals surface area (Å²) in [6.45, 7) is 2.95. The van der Waals surface area contributed by atoms with Crippen LogP contribution >= 0.6 is 0 Å². The van der Waals surface area contributed by atoms with E-state index in [4.69, 9.17) is 4.74 Å². The molecule has 0 fully saturated rings. The molecule has 1 aromatic carbocycles. The number of carbonyl (C=O) groups excluding carboxylic acids is 1. The zero-order valence-electron chi connectivity index (χ0n) is 11.6. The van der Waals surface area contributed by atoms with E-state index in [1.807, 2.05) is 25.1 Å². The normalized spacial score (nSPS) is 12.1. The molecule has 106 valence electrons. The molecule has 2 aromatic rings. The first-order valence-electron chi connectivity index (χ1n) is 6.44. The summed E-state index contributed by atoms with van der Waals surface area (Å²) in [5.41, 5.74) is 1.35. The Labute approximate surface area is 117 Å². The van der Waals surface area contributed by atoms with Gasteiger partial charge in [-0.15, -0.1) is 5.10 Å². The largest absolute Gasteiger partial charge is 0.380 e. The molecule has 1 aromatic heterocycles. The van der Waals surface area contributed by atoms with Crippen LogP contribution in [0.3, 0.4) is 0 Å². The lowest BCUT2D eigenvalue weighted by Gasteiger charge is -2.07. The minimum absolute atomic E-state index is 0.0726. The van der Waals surface area contributed by atoms with Gasteiger partial charge in [-0.2, -0.15) is 0 Å². The van der Waals surface area contributed by atoms with E-state index < -0.39 is 0 Å². The van der Waals surface area contributed by atoms with E-state index in [1.165, 1.54) is 0 Å². The van der Waals surface area contributed by atoms with Crippen LogP contribution in [0.1, 0.15) is 23.0 Å². The van der Waals surface area contributed by atoms with Crippen LogP contribution in [0, 0.1) is 0 Å². The van der Waals surface area contributed by atoms with Crippen molar-refractivity contribution >= 4 is 5.91 Å². The van der Waals surface area contributed by atoms with E-state index in [-0.39, 0.29) is 12.0 Å². The van der Waals surface area contributed by atoms with Gasteiger partial charge in [-0.1, -0.05) is 23.4 Å². The van der Waals surface area contributed by atoms with Gasteiger partial charge in [0.05, 0.1) is 25.4 Å². The Hall–Kier alpha value is -2.21. The number of benzene rings is 1. The third-order valence-electron chi connectivity index (χ3n) is 2.90. The third kappa shape index (κ3) is 3.89. The van der Waals surface area contributed by atoms with Gasteiger partial charge in [0.25, 0.3) is 5.91 Å². The van der Waals surface area contributed by atoms with Crippen LogP contribution in [0.4, 0.5) is 0 Å². The van der Waals surface area contributed by atoms with Crippen LogP contribution < -0.4 is 5.32 Å². The highest BCUT2D eigenvalue weighted by molar-refractivity contribution is 5.93.